The standard InChI is InChI=1S/C14H16BrFN2/c1-2-17-9-12-4-3-7-18(12)10-11-5-6-14(16)13(15)8-11/h3-8,17H,2,9-10H2,1H3. The number of halogens is 2. The Balaban J connectivity index is 2.13. The lowest BCUT2D eigenvalue weighted by molar-refractivity contribution is 0.618. The van der Waals surface area contributed by atoms with Crippen molar-refractivity contribution >= 4 is 15.9 Å². The molecular formula is C14H16BrFN2. The first-order valence-electron chi connectivity index (χ1n) is 5.99. The van der Waals surface area contributed by atoms with Crippen molar-refractivity contribution in [2.45, 2.75) is 20.0 Å². The third-order valence-electron chi connectivity index (χ3n) is 2.82. The third-order valence-corrected chi connectivity index (χ3v) is 3.42. The van der Waals surface area contributed by atoms with Crippen LogP contribution in [0.25, 0.3) is 0 Å². The minimum Gasteiger partial charge on any atom is -0.346 e. The van der Waals surface area contributed by atoms with E-state index in [1.807, 2.05) is 24.4 Å². The van der Waals surface area contributed by atoms with Crippen LogP contribution in [0, 0.1) is 5.82 Å². The Kier molecular flexibility index (Phi) is 4.55. The topological polar surface area (TPSA) is 17.0 Å². The molecule has 4 heteroatoms. The van der Waals surface area contributed by atoms with Gasteiger partial charge in [0, 0.05) is 25.0 Å². The Hall–Kier alpha value is -1.13. The second-order valence-electron chi connectivity index (χ2n) is 4.16. The van der Waals surface area contributed by atoms with E-state index in [4.69, 9.17) is 0 Å². The molecule has 1 heterocycles. The smallest absolute Gasteiger partial charge is 0.137 e. The van der Waals surface area contributed by atoms with E-state index in [9.17, 15) is 4.39 Å². The minimum atomic E-state index is -0.223. The van der Waals surface area contributed by atoms with Gasteiger partial charge in [-0.1, -0.05) is 13.0 Å². The largest absolute Gasteiger partial charge is 0.346 e. The monoisotopic (exact) mass is 310 g/mol. The van der Waals surface area contributed by atoms with E-state index in [1.165, 1.54) is 11.8 Å². The first-order chi connectivity index (χ1) is 8.70. The van der Waals surface area contributed by atoms with E-state index in [0.29, 0.717) is 4.47 Å². The number of hydrogen-bond donors (Lipinski definition) is 1. The van der Waals surface area contributed by atoms with Gasteiger partial charge in [-0.3, -0.25) is 0 Å². The SMILES string of the molecule is CCNCc1cccn1Cc1ccc(F)c(Br)c1. The van der Waals surface area contributed by atoms with Crippen LogP contribution in [-0.2, 0) is 13.1 Å². The van der Waals surface area contributed by atoms with Gasteiger partial charge < -0.3 is 9.88 Å². The summed E-state index contributed by atoms with van der Waals surface area (Å²) < 4.78 is 15.8. The fourth-order valence-corrected chi connectivity index (χ4v) is 2.28. The van der Waals surface area contributed by atoms with Gasteiger partial charge in [0.05, 0.1) is 4.47 Å². The molecule has 0 radical (unpaired) electrons. The van der Waals surface area contributed by atoms with E-state index in [-0.39, 0.29) is 5.82 Å². The summed E-state index contributed by atoms with van der Waals surface area (Å²) in [5.74, 6) is -0.223. The fourth-order valence-electron chi connectivity index (χ4n) is 1.85. The van der Waals surface area contributed by atoms with E-state index < -0.39 is 0 Å². The molecule has 0 aliphatic heterocycles. The van der Waals surface area contributed by atoms with Crippen LogP contribution in [0.3, 0.4) is 0 Å². The molecular weight excluding hydrogens is 295 g/mol. The van der Waals surface area contributed by atoms with E-state index in [1.54, 1.807) is 0 Å². The summed E-state index contributed by atoms with van der Waals surface area (Å²) in [6.45, 7) is 4.65. The molecule has 0 fully saturated rings. The van der Waals surface area contributed by atoms with Crippen LogP contribution in [-0.4, -0.2) is 11.1 Å². The molecule has 0 aliphatic carbocycles. The van der Waals surface area contributed by atoms with Gasteiger partial charge in [0.1, 0.15) is 5.82 Å². The average Bonchev–Trinajstić information content (AvgIpc) is 2.79. The van der Waals surface area contributed by atoms with Crippen molar-refractivity contribution in [2.24, 2.45) is 0 Å². The maximum atomic E-state index is 13.2. The summed E-state index contributed by atoms with van der Waals surface area (Å²) in [5, 5.41) is 3.31. The molecule has 2 rings (SSSR count). The van der Waals surface area contributed by atoms with E-state index in [0.717, 1.165) is 25.2 Å². The first kappa shape index (κ1) is 13.3. The van der Waals surface area contributed by atoms with Crippen molar-refractivity contribution in [1.29, 1.82) is 0 Å². The van der Waals surface area contributed by atoms with Crippen molar-refractivity contribution in [2.75, 3.05) is 6.54 Å². The number of aromatic nitrogens is 1. The lowest BCUT2D eigenvalue weighted by atomic mass is 10.2. The van der Waals surface area contributed by atoms with E-state index in [2.05, 4.69) is 38.8 Å². The molecule has 0 spiro atoms. The van der Waals surface area contributed by atoms with Gasteiger partial charge in [0.2, 0.25) is 0 Å². The minimum absolute atomic E-state index is 0.223. The van der Waals surface area contributed by atoms with Crippen molar-refractivity contribution in [3.05, 3.63) is 58.1 Å². The molecule has 0 unspecified atom stereocenters. The summed E-state index contributed by atoms with van der Waals surface area (Å²) in [4.78, 5) is 0. The summed E-state index contributed by atoms with van der Waals surface area (Å²) in [5.41, 5.74) is 2.31. The molecule has 2 aromatic rings. The van der Waals surface area contributed by atoms with Gasteiger partial charge in [0.25, 0.3) is 0 Å². The molecule has 0 saturated heterocycles. The zero-order chi connectivity index (χ0) is 13.0. The van der Waals surface area contributed by atoms with Gasteiger partial charge in [-0.2, -0.15) is 0 Å². The number of hydrogen-bond acceptors (Lipinski definition) is 1. The molecule has 1 aromatic heterocycles. The van der Waals surface area contributed by atoms with Crippen molar-refractivity contribution < 1.29 is 4.39 Å². The predicted molar refractivity (Wildman–Crippen MR) is 75.0 cm³/mol. The van der Waals surface area contributed by atoms with Crippen molar-refractivity contribution in [3.8, 4) is 0 Å². The quantitative estimate of drug-likeness (QED) is 0.893. The number of rotatable bonds is 5. The summed E-state index contributed by atoms with van der Waals surface area (Å²) in [7, 11) is 0. The molecule has 0 aliphatic rings. The van der Waals surface area contributed by atoms with Crippen LogP contribution in [0.5, 0.6) is 0 Å². The highest BCUT2D eigenvalue weighted by molar-refractivity contribution is 9.10. The number of nitrogens with zero attached hydrogens (tertiary/aromatic N) is 1. The maximum Gasteiger partial charge on any atom is 0.137 e. The average molecular weight is 311 g/mol. The zero-order valence-corrected chi connectivity index (χ0v) is 11.9. The summed E-state index contributed by atoms with van der Waals surface area (Å²) >= 11 is 3.21. The number of nitrogens with one attached hydrogen (secondary N) is 1. The lowest BCUT2D eigenvalue weighted by Gasteiger charge is -2.10. The molecule has 0 bridgehead atoms. The van der Waals surface area contributed by atoms with Gasteiger partial charge in [0.15, 0.2) is 0 Å². The Morgan fingerprint density at radius 1 is 1.33 bits per heavy atom. The highest BCUT2D eigenvalue weighted by atomic mass is 79.9. The maximum absolute atomic E-state index is 13.2. The predicted octanol–water partition coefficient (Wildman–Crippen LogP) is 3.55. The molecule has 0 atom stereocenters. The Morgan fingerprint density at radius 2 is 2.17 bits per heavy atom. The van der Waals surface area contributed by atoms with Crippen LogP contribution in [0.2, 0.25) is 0 Å². The molecule has 0 saturated carbocycles. The normalized spacial score (nSPS) is 10.8. The summed E-state index contributed by atoms with van der Waals surface area (Å²) in [6, 6.07) is 9.27. The van der Waals surface area contributed by atoms with Gasteiger partial charge in [-0.05, 0) is 52.3 Å². The number of benzene rings is 1. The molecule has 1 aromatic carbocycles. The molecule has 1 N–H and O–H groups in total. The Labute approximate surface area is 115 Å². The highest BCUT2D eigenvalue weighted by Gasteiger charge is 2.04. The van der Waals surface area contributed by atoms with Gasteiger partial charge in [-0.15, -0.1) is 0 Å². The van der Waals surface area contributed by atoms with Crippen LogP contribution < -0.4 is 5.32 Å². The van der Waals surface area contributed by atoms with Crippen molar-refractivity contribution in [3.63, 3.8) is 0 Å². The molecule has 2 nitrogen and oxygen atoms in total. The lowest BCUT2D eigenvalue weighted by Crippen LogP contribution is -2.15. The molecule has 18 heavy (non-hydrogen) atoms. The van der Waals surface area contributed by atoms with Gasteiger partial charge in [-0.25, -0.2) is 4.39 Å². The highest BCUT2D eigenvalue weighted by Crippen LogP contribution is 2.18. The van der Waals surface area contributed by atoms with Crippen LogP contribution in [0.4, 0.5) is 4.39 Å². The Morgan fingerprint density at radius 3 is 2.89 bits per heavy atom. The summed E-state index contributed by atoms with van der Waals surface area (Å²) in [6.07, 6.45) is 2.05. The first-order valence-corrected chi connectivity index (χ1v) is 6.78. The molecule has 96 valence electrons. The zero-order valence-electron chi connectivity index (χ0n) is 10.3. The molecule has 0 amide bonds. The fraction of sp³-hybridized carbons (Fsp3) is 0.286. The Bertz CT molecular complexity index is 522. The second kappa shape index (κ2) is 6.16. The van der Waals surface area contributed by atoms with Crippen LogP contribution >= 0.6 is 15.9 Å². The van der Waals surface area contributed by atoms with Gasteiger partial charge >= 0.3 is 0 Å². The third kappa shape index (κ3) is 3.21. The second-order valence-corrected chi connectivity index (χ2v) is 5.01. The van der Waals surface area contributed by atoms with Crippen LogP contribution in [0.1, 0.15) is 18.2 Å². The van der Waals surface area contributed by atoms with Crippen LogP contribution in [0.15, 0.2) is 41.0 Å². The van der Waals surface area contributed by atoms with Crippen molar-refractivity contribution in [1.82, 2.24) is 9.88 Å². The van der Waals surface area contributed by atoms with E-state index >= 15 is 0 Å².